The van der Waals surface area contributed by atoms with Gasteiger partial charge in [-0.05, 0) is 19.1 Å². The second-order valence-corrected chi connectivity index (χ2v) is 3.70. The molecule has 0 amide bonds. The van der Waals surface area contributed by atoms with Crippen molar-refractivity contribution in [2.24, 2.45) is 0 Å². The number of halogens is 2. The Bertz CT molecular complexity index is 377. The average molecular weight is 230 g/mol. The van der Waals surface area contributed by atoms with Gasteiger partial charge in [0.25, 0.3) is 0 Å². The van der Waals surface area contributed by atoms with Gasteiger partial charge in [-0.1, -0.05) is 12.1 Å². The van der Waals surface area contributed by atoms with Crippen molar-refractivity contribution in [2.45, 2.75) is 19.0 Å². The molecule has 1 atom stereocenters. The van der Waals surface area contributed by atoms with E-state index in [1.54, 1.807) is 6.07 Å². The molecule has 1 aromatic rings. The average Bonchev–Trinajstić information content (AvgIpc) is 2.14. The Hall–Kier alpha value is -1.65. The molecule has 0 aliphatic heterocycles. The standard InChI is InChI=1S/C11H12F2O3/c1-11(13,6-10(14)15)7-16-9-5-3-2-4-8(9)12/h2-5H,6-7H2,1H3,(H,14,15). The molecule has 1 unspecified atom stereocenters. The first-order valence-corrected chi connectivity index (χ1v) is 4.69. The van der Waals surface area contributed by atoms with E-state index in [1.165, 1.54) is 18.2 Å². The van der Waals surface area contributed by atoms with Crippen LogP contribution in [0.1, 0.15) is 13.3 Å². The maximum Gasteiger partial charge on any atom is 0.306 e. The Morgan fingerprint density at radius 3 is 2.69 bits per heavy atom. The van der Waals surface area contributed by atoms with E-state index >= 15 is 0 Å². The van der Waals surface area contributed by atoms with Crippen LogP contribution in [-0.4, -0.2) is 23.4 Å². The number of hydrogen-bond donors (Lipinski definition) is 1. The fraction of sp³-hybridized carbons (Fsp3) is 0.364. The van der Waals surface area contributed by atoms with Crippen molar-refractivity contribution in [3.05, 3.63) is 30.1 Å². The number of rotatable bonds is 5. The lowest BCUT2D eigenvalue weighted by molar-refractivity contribution is -0.140. The van der Waals surface area contributed by atoms with Crippen LogP contribution in [-0.2, 0) is 4.79 Å². The van der Waals surface area contributed by atoms with Crippen molar-refractivity contribution in [1.29, 1.82) is 0 Å². The molecule has 0 heterocycles. The summed E-state index contributed by atoms with van der Waals surface area (Å²) >= 11 is 0. The van der Waals surface area contributed by atoms with Crippen molar-refractivity contribution < 1.29 is 23.4 Å². The van der Waals surface area contributed by atoms with E-state index in [0.29, 0.717) is 0 Å². The maximum absolute atomic E-state index is 13.5. The molecule has 5 heteroatoms. The first-order valence-electron chi connectivity index (χ1n) is 4.69. The highest BCUT2D eigenvalue weighted by molar-refractivity contribution is 5.68. The van der Waals surface area contributed by atoms with Gasteiger partial charge in [-0.3, -0.25) is 4.79 Å². The third kappa shape index (κ3) is 3.84. The molecule has 1 rings (SSSR count). The summed E-state index contributed by atoms with van der Waals surface area (Å²) in [5.41, 5.74) is -2.02. The lowest BCUT2D eigenvalue weighted by Crippen LogP contribution is -2.30. The van der Waals surface area contributed by atoms with Gasteiger partial charge in [-0.25, -0.2) is 8.78 Å². The second kappa shape index (κ2) is 4.92. The minimum absolute atomic E-state index is 0.0863. The summed E-state index contributed by atoms with van der Waals surface area (Å²) in [5, 5.41) is 8.43. The third-order valence-corrected chi connectivity index (χ3v) is 1.89. The molecule has 0 aliphatic rings. The molecule has 0 saturated heterocycles. The number of benzene rings is 1. The number of carboxylic acids is 1. The van der Waals surface area contributed by atoms with Gasteiger partial charge < -0.3 is 9.84 Å². The predicted octanol–water partition coefficient (Wildman–Crippen LogP) is 2.41. The number of hydrogen-bond acceptors (Lipinski definition) is 2. The van der Waals surface area contributed by atoms with Crippen molar-refractivity contribution in [3.63, 3.8) is 0 Å². The molecule has 0 aromatic heterocycles. The first kappa shape index (κ1) is 12.4. The topological polar surface area (TPSA) is 46.5 Å². The fourth-order valence-corrected chi connectivity index (χ4v) is 1.16. The lowest BCUT2D eigenvalue weighted by Gasteiger charge is -2.18. The number of alkyl halides is 1. The van der Waals surface area contributed by atoms with E-state index in [0.717, 1.165) is 6.92 Å². The smallest absolute Gasteiger partial charge is 0.306 e. The van der Waals surface area contributed by atoms with E-state index in [4.69, 9.17) is 9.84 Å². The Morgan fingerprint density at radius 1 is 1.50 bits per heavy atom. The zero-order valence-electron chi connectivity index (χ0n) is 8.74. The molecule has 0 spiro atoms. The Morgan fingerprint density at radius 2 is 2.12 bits per heavy atom. The van der Waals surface area contributed by atoms with Crippen LogP contribution in [0.25, 0.3) is 0 Å². The van der Waals surface area contributed by atoms with E-state index in [-0.39, 0.29) is 5.75 Å². The SMILES string of the molecule is CC(F)(COc1ccccc1F)CC(=O)O. The van der Waals surface area contributed by atoms with Crippen LogP contribution in [0.5, 0.6) is 5.75 Å². The van der Waals surface area contributed by atoms with Crippen LogP contribution in [0, 0.1) is 5.82 Å². The first-order chi connectivity index (χ1) is 7.41. The fourth-order valence-electron chi connectivity index (χ4n) is 1.16. The summed E-state index contributed by atoms with van der Waals surface area (Å²) in [7, 11) is 0. The lowest BCUT2D eigenvalue weighted by atomic mass is 10.1. The van der Waals surface area contributed by atoms with Gasteiger partial charge in [0.05, 0.1) is 6.42 Å². The maximum atomic E-state index is 13.5. The Labute approximate surface area is 91.7 Å². The summed E-state index contributed by atoms with van der Waals surface area (Å²) in [4.78, 5) is 10.3. The molecular formula is C11H12F2O3. The molecule has 1 N–H and O–H groups in total. The summed E-state index contributed by atoms with van der Waals surface area (Å²) in [5.74, 6) is -1.95. The van der Waals surface area contributed by atoms with Gasteiger partial charge >= 0.3 is 5.97 Å². The summed E-state index contributed by atoms with van der Waals surface area (Å²) in [6, 6.07) is 5.56. The molecule has 0 aliphatic carbocycles. The van der Waals surface area contributed by atoms with Crippen LogP contribution in [0.2, 0.25) is 0 Å². The summed E-state index contributed by atoms with van der Waals surface area (Å²) in [6.07, 6.45) is -0.679. The van der Waals surface area contributed by atoms with Gasteiger partial charge in [0.1, 0.15) is 6.61 Å². The molecular weight excluding hydrogens is 218 g/mol. The highest BCUT2D eigenvalue weighted by atomic mass is 19.1. The Balaban J connectivity index is 2.57. The van der Waals surface area contributed by atoms with E-state index in [9.17, 15) is 13.6 Å². The molecule has 16 heavy (non-hydrogen) atoms. The zero-order valence-corrected chi connectivity index (χ0v) is 8.74. The third-order valence-electron chi connectivity index (χ3n) is 1.89. The minimum Gasteiger partial charge on any atom is -0.487 e. The molecule has 1 aromatic carbocycles. The Kier molecular flexibility index (Phi) is 3.82. The van der Waals surface area contributed by atoms with Gasteiger partial charge in [0, 0.05) is 0 Å². The molecule has 0 bridgehead atoms. The zero-order chi connectivity index (χ0) is 12.2. The van der Waals surface area contributed by atoms with E-state index in [1.807, 2.05) is 0 Å². The van der Waals surface area contributed by atoms with Crippen LogP contribution in [0.15, 0.2) is 24.3 Å². The summed E-state index contributed by atoms with van der Waals surface area (Å²) in [6.45, 7) is 0.599. The molecule has 0 saturated carbocycles. The largest absolute Gasteiger partial charge is 0.487 e. The van der Waals surface area contributed by atoms with Gasteiger partial charge in [-0.15, -0.1) is 0 Å². The number of carbonyl (C=O) groups is 1. The van der Waals surface area contributed by atoms with Crippen molar-refractivity contribution in [2.75, 3.05) is 6.61 Å². The van der Waals surface area contributed by atoms with Crippen LogP contribution >= 0.6 is 0 Å². The quantitative estimate of drug-likeness (QED) is 0.844. The summed E-state index contributed by atoms with van der Waals surface area (Å²) < 4.78 is 31.5. The number of aliphatic carboxylic acids is 1. The van der Waals surface area contributed by atoms with Gasteiger partial charge in [0.15, 0.2) is 17.2 Å². The normalized spacial score (nSPS) is 14.2. The second-order valence-electron chi connectivity index (χ2n) is 3.70. The highest BCUT2D eigenvalue weighted by Crippen LogP contribution is 2.20. The van der Waals surface area contributed by atoms with E-state index < -0.39 is 30.5 Å². The molecule has 88 valence electrons. The van der Waals surface area contributed by atoms with Gasteiger partial charge in [-0.2, -0.15) is 0 Å². The van der Waals surface area contributed by atoms with Crippen LogP contribution in [0.4, 0.5) is 8.78 Å². The number of para-hydroxylation sites is 1. The number of ether oxygens (including phenoxy) is 1. The van der Waals surface area contributed by atoms with Gasteiger partial charge in [0.2, 0.25) is 0 Å². The molecule has 0 radical (unpaired) electrons. The van der Waals surface area contributed by atoms with Crippen LogP contribution < -0.4 is 4.74 Å². The van der Waals surface area contributed by atoms with Crippen LogP contribution in [0.3, 0.4) is 0 Å². The monoisotopic (exact) mass is 230 g/mol. The van der Waals surface area contributed by atoms with Crippen molar-refractivity contribution in [3.8, 4) is 5.75 Å². The van der Waals surface area contributed by atoms with Crippen molar-refractivity contribution in [1.82, 2.24) is 0 Å². The minimum atomic E-state index is -2.02. The van der Waals surface area contributed by atoms with E-state index in [2.05, 4.69) is 0 Å². The number of carboxylic acid groups (broad SMARTS) is 1. The predicted molar refractivity (Wildman–Crippen MR) is 53.7 cm³/mol. The highest BCUT2D eigenvalue weighted by Gasteiger charge is 2.28. The molecule has 3 nitrogen and oxygen atoms in total. The van der Waals surface area contributed by atoms with Crippen molar-refractivity contribution >= 4 is 5.97 Å². The molecule has 0 fully saturated rings.